The van der Waals surface area contributed by atoms with Crippen molar-refractivity contribution >= 4 is 15.9 Å². The molecule has 2 nitrogen and oxygen atoms in total. The number of oxazole rings is 1. The van der Waals surface area contributed by atoms with Gasteiger partial charge in [-0.2, -0.15) is 0 Å². The lowest BCUT2D eigenvalue weighted by molar-refractivity contribution is 0.542. The van der Waals surface area contributed by atoms with Crippen molar-refractivity contribution in [2.24, 2.45) is 0 Å². The fraction of sp³-hybridized carbons (Fsp3) is 0.118. The van der Waals surface area contributed by atoms with Crippen molar-refractivity contribution in [3.63, 3.8) is 0 Å². The van der Waals surface area contributed by atoms with E-state index in [1.54, 1.807) is 0 Å². The molecule has 0 saturated heterocycles. The predicted octanol–water partition coefficient (Wildman–Crippen LogP) is 5.39. The van der Waals surface area contributed by atoms with Gasteiger partial charge in [0, 0.05) is 27.1 Å². The standard InChI is InChI=1S/C17H14BrNO/c1-11-7-6-8-12(2)14(11)16-15(19-17(18)20-16)13-9-4-3-5-10-13/h3-10H,1-2H3. The number of hydrogen-bond acceptors (Lipinski definition) is 2. The molecule has 3 heteroatoms. The van der Waals surface area contributed by atoms with Gasteiger partial charge in [0.2, 0.25) is 0 Å². The minimum absolute atomic E-state index is 0.508. The molecule has 0 aliphatic carbocycles. The molecule has 1 heterocycles. The molecule has 0 radical (unpaired) electrons. The molecule has 100 valence electrons. The Balaban J connectivity index is 2.26. The molecular weight excluding hydrogens is 314 g/mol. The van der Waals surface area contributed by atoms with Crippen molar-refractivity contribution in [1.82, 2.24) is 4.98 Å². The number of halogens is 1. The molecule has 3 rings (SSSR count). The Morgan fingerprint density at radius 2 is 1.55 bits per heavy atom. The molecule has 0 bridgehead atoms. The second kappa shape index (κ2) is 5.25. The topological polar surface area (TPSA) is 26.0 Å². The minimum atomic E-state index is 0.508. The number of aryl methyl sites for hydroxylation is 2. The maximum Gasteiger partial charge on any atom is 0.265 e. The smallest absolute Gasteiger partial charge is 0.265 e. The summed E-state index contributed by atoms with van der Waals surface area (Å²) in [5, 5.41) is 0. The van der Waals surface area contributed by atoms with Crippen LogP contribution in [0.25, 0.3) is 22.6 Å². The van der Waals surface area contributed by atoms with Crippen LogP contribution in [-0.4, -0.2) is 4.98 Å². The van der Waals surface area contributed by atoms with E-state index in [1.807, 2.05) is 30.3 Å². The molecule has 0 spiro atoms. The predicted molar refractivity (Wildman–Crippen MR) is 84.5 cm³/mol. The van der Waals surface area contributed by atoms with Crippen LogP contribution < -0.4 is 0 Å². The zero-order chi connectivity index (χ0) is 14.1. The molecule has 0 aliphatic heterocycles. The maximum atomic E-state index is 5.82. The number of nitrogens with zero attached hydrogens (tertiary/aromatic N) is 1. The largest absolute Gasteiger partial charge is 0.430 e. The van der Waals surface area contributed by atoms with Gasteiger partial charge in [0.15, 0.2) is 5.76 Å². The molecule has 0 aliphatic rings. The van der Waals surface area contributed by atoms with Gasteiger partial charge in [0.25, 0.3) is 4.80 Å². The Labute approximate surface area is 126 Å². The summed E-state index contributed by atoms with van der Waals surface area (Å²) in [7, 11) is 0. The summed E-state index contributed by atoms with van der Waals surface area (Å²) in [4.78, 5) is 5.00. The summed E-state index contributed by atoms with van der Waals surface area (Å²) >= 11 is 3.35. The third-order valence-electron chi connectivity index (χ3n) is 3.36. The molecule has 0 fully saturated rings. The third-order valence-corrected chi connectivity index (χ3v) is 3.70. The molecule has 0 unspecified atom stereocenters. The quantitative estimate of drug-likeness (QED) is 0.630. The Bertz CT molecular complexity index is 727. The lowest BCUT2D eigenvalue weighted by Gasteiger charge is -2.08. The monoisotopic (exact) mass is 327 g/mol. The van der Waals surface area contributed by atoms with Crippen LogP contribution in [0.5, 0.6) is 0 Å². The first-order valence-corrected chi connectivity index (χ1v) is 7.24. The van der Waals surface area contributed by atoms with E-state index < -0.39 is 0 Å². The van der Waals surface area contributed by atoms with Crippen LogP contribution in [0.4, 0.5) is 0 Å². The first kappa shape index (κ1) is 13.1. The van der Waals surface area contributed by atoms with Crippen molar-refractivity contribution in [1.29, 1.82) is 0 Å². The second-order valence-electron chi connectivity index (χ2n) is 4.78. The van der Waals surface area contributed by atoms with Crippen molar-refractivity contribution in [3.05, 3.63) is 64.5 Å². The molecule has 0 atom stereocenters. The molecule has 1 aromatic heterocycles. The highest BCUT2D eigenvalue weighted by Crippen LogP contribution is 2.37. The average Bonchev–Trinajstić information content (AvgIpc) is 2.81. The fourth-order valence-corrected chi connectivity index (χ4v) is 2.77. The van der Waals surface area contributed by atoms with E-state index in [2.05, 4.69) is 53.0 Å². The van der Waals surface area contributed by atoms with E-state index in [-0.39, 0.29) is 0 Å². The van der Waals surface area contributed by atoms with Gasteiger partial charge in [-0.3, -0.25) is 0 Å². The van der Waals surface area contributed by atoms with Gasteiger partial charge in [-0.25, -0.2) is 4.98 Å². The van der Waals surface area contributed by atoms with Crippen LogP contribution >= 0.6 is 15.9 Å². The molecule has 2 aromatic carbocycles. The van der Waals surface area contributed by atoms with E-state index in [0.717, 1.165) is 22.6 Å². The Morgan fingerprint density at radius 1 is 0.900 bits per heavy atom. The van der Waals surface area contributed by atoms with Crippen molar-refractivity contribution < 1.29 is 4.42 Å². The summed E-state index contributed by atoms with van der Waals surface area (Å²) in [6, 6.07) is 16.3. The second-order valence-corrected chi connectivity index (χ2v) is 5.46. The highest BCUT2D eigenvalue weighted by Gasteiger charge is 2.18. The van der Waals surface area contributed by atoms with Gasteiger partial charge >= 0.3 is 0 Å². The summed E-state index contributed by atoms with van der Waals surface area (Å²) < 4.78 is 5.82. The Kier molecular flexibility index (Phi) is 3.45. The number of aromatic nitrogens is 1. The van der Waals surface area contributed by atoms with Crippen LogP contribution in [0.15, 0.2) is 57.7 Å². The van der Waals surface area contributed by atoms with Gasteiger partial charge in [0.1, 0.15) is 5.69 Å². The summed E-state index contributed by atoms with van der Waals surface area (Å²) in [5.41, 5.74) is 5.41. The van der Waals surface area contributed by atoms with E-state index >= 15 is 0 Å². The van der Waals surface area contributed by atoms with Crippen LogP contribution in [0.2, 0.25) is 0 Å². The molecular formula is C17H14BrNO. The highest BCUT2D eigenvalue weighted by atomic mass is 79.9. The van der Waals surface area contributed by atoms with Gasteiger partial charge < -0.3 is 4.42 Å². The molecule has 20 heavy (non-hydrogen) atoms. The van der Waals surface area contributed by atoms with Crippen LogP contribution in [-0.2, 0) is 0 Å². The zero-order valence-corrected chi connectivity index (χ0v) is 12.9. The van der Waals surface area contributed by atoms with Gasteiger partial charge in [-0.05, 0) is 25.0 Å². The fourth-order valence-electron chi connectivity index (χ4n) is 2.43. The van der Waals surface area contributed by atoms with Gasteiger partial charge in [-0.15, -0.1) is 0 Å². The third kappa shape index (κ3) is 2.29. The van der Waals surface area contributed by atoms with Gasteiger partial charge in [-0.1, -0.05) is 48.5 Å². The van der Waals surface area contributed by atoms with E-state index in [4.69, 9.17) is 4.42 Å². The van der Waals surface area contributed by atoms with Crippen LogP contribution in [0.3, 0.4) is 0 Å². The summed E-state index contributed by atoms with van der Waals surface area (Å²) in [5.74, 6) is 0.818. The van der Waals surface area contributed by atoms with Crippen LogP contribution in [0, 0.1) is 13.8 Å². The molecule has 0 N–H and O–H groups in total. The molecule has 0 saturated carbocycles. The van der Waals surface area contributed by atoms with Gasteiger partial charge in [0.05, 0.1) is 0 Å². The summed E-state index contributed by atoms with van der Waals surface area (Å²) in [6.07, 6.45) is 0. The molecule has 3 aromatic rings. The van der Waals surface area contributed by atoms with Crippen LogP contribution in [0.1, 0.15) is 11.1 Å². The lowest BCUT2D eigenvalue weighted by atomic mass is 9.98. The van der Waals surface area contributed by atoms with Crippen molar-refractivity contribution in [3.8, 4) is 22.6 Å². The maximum absolute atomic E-state index is 5.82. The first-order valence-electron chi connectivity index (χ1n) is 6.45. The number of benzene rings is 2. The lowest BCUT2D eigenvalue weighted by Crippen LogP contribution is -1.89. The average molecular weight is 328 g/mol. The van der Waals surface area contributed by atoms with Crippen molar-refractivity contribution in [2.75, 3.05) is 0 Å². The SMILES string of the molecule is Cc1cccc(C)c1-c1oc(Br)nc1-c1ccccc1. The summed E-state index contributed by atoms with van der Waals surface area (Å²) in [6.45, 7) is 4.18. The first-order chi connectivity index (χ1) is 9.66. The van der Waals surface area contributed by atoms with E-state index in [9.17, 15) is 0 Å². The van der Waals surface area contributed by atoms with Crippen molar-refractivity contribution in [2.45, 2.75) is 13.8 Å². The number of rotatable bonds is 2. The Hall–Kier alpha value is -1.87. The van der Waals surface area contributed by atoms with E-state index in [0.29, 0.717) is 4.80 Å². The normalized spacial score (nSPS) is 10.8. The van der Waals surface area contributed by atoms with E-state index in [1.165, 1.54) is 11.1 Å². The molecule has 0 amide bonds. The Morgan fingerprint density at radius 3 is 2.20 bits per heavy atom. The number of hydrogen-bond donors (Lipinski definition) is 0. The zero-order valence-electron chi connectivity index (χ0n) is 11.4. The minimum Gasteiger partial charge on any atom is -0.430 e. The highest BCUT2D eigenvalue weighted by molar-refractivity contribution is 9.10.